The topological polar surface area (TPSA) is 86.5 Å². The number of hydrogen-bond acceptors (Lipinski definition) is 6. The fourth-order valence-corrected chi connectivity index (χ4v) is 5.01. The molecule has 0 aliphatic rings. The third kappa shape index (κ3) is 5.19. The van der Waals surface area contributed by atoms with Gasteiger partial charge in [-0.2, -0.15) is 13.2 Å². The van der Waals surface area contributed by atoms with Gasteiger partial charge in [0, 0.05) is 29.1 Å². The van der Waals surface area contributed by atoms with Gasteiger partial charge in [0.1, 0.15) is 9.71 Å². The first-order chi connectivity index (χ1) is 17.1. The predicted molar refractivity (Wildman–Crippen MR) is 134 cm³/mol. The number of ether oxygens (including phenoxy) is 2. The number of alkyl halides is 3. The number of nitrogens with zero attached hydrogens (tertiary/aromatic N) is 1. The van der Waals surface area contributed by atoms with Crippen molar-refractivity contribution >= 4 is 44.7 Å². The summed E-state index contributed by atoms with van der Waals surface area (Å²) in [5.74, 6) is 0.342. The van der Waals surface area contributed by atoms with Crippen LogP contribution in [0.2, 0.25) is 5.02 Å². The molecule has 0 fully saturated rings. The molecule has 188 valence electrons. The molecular formula is C25H21ClF3N3O3S. The summed E-state index contributed by atoms with van der Waals surface area (Å²) < 4.78 is 52.6. The van der Waals surface area contributed by atoms with Crippen molar-refractivity contribution in [1.82, 2.24) is 10.3 Å². The van der Waals surface area contributed by atoms with Crippen molar-refractivity contribution < 1.29 is 27.4 Å². The zero-order valence-electron chi connectivity index (χ0n) is 19.2. The number of nitrogen functional groups attached to an aromatic ring is 1. The number of rotatable bonds is 7. The number of nitrogens with one attached hydrogen (secondary N) is 1. The van der Waals surface area contributed by atoms with E-state index in [1.165, 1.54) is 14.2 Å². The third-order valence-corrected chi connectivity index (χ3v) is 6.96. The molecule has 0 saturated carbocycles. The summed E-state index contributed by atoms with van der Waals surface area (Å²) in [4.78, 5) is 17.2. The number of anilines is 1. The molecule has 0 aliphatic carbocycles. The van der Waals surface area contributed by atoms with Crippen molar-refractivity contribution in [2.45, 2.75) is 19.1 Å². The van der Waals surface area contributed by atoms with Crippen LogP contribution in [-0.4, -0.2) is 25.1 Å². The average molecular weight is 536 g/mol. The van der Waals surface area contributed by atoms with Gasteiger partial charge in [0.15, 0.2) is 11.5 Å². The second-order valence-electron chi connectivity index (χ2n) is 7.82. The number of amides is 1. The SMILES string of the molecule is COc1ccc(Cc2cc(C(F)(F)F)c3c(N)c(C(=O)NCc4ccccc4Cl)sc3n2)cc1OC. The van der Waals surface area contributed by atoms with Crippen molar-refractivity contribution in [1.29, 1.82) is 0 Å². The quantitative estimate of drug-likeness (QED) is 0.299. The molecule has 0 saturated heterocycles. The molecule has 4 rings (SSSR count). The Morgan fingerprint density at radius 3 is 2.50 bits per heavy atom. The van der Waals surface area contributed by atoms with Crippen LogP contribution in [0.3, 0.4) is 0 Å². The lowest BCUT2D eigenvalue weighted by Gasteiger charge is -2.12. The van der Waals surface area contributed by atoms with Crippen LogP contribution in [0.1, 0.15) is 32.1 Å². The maximum Gasteiger partial charge on any atom is 0.417 e. The van der Waals surface area contributed by atoms with Crippen LogP contribution >= 0.6 is 22.9 Å². The standard InChI is InChI=1S/C25H21ClF3N3O3S/c1-34-18-8-7-13(10-19(18)35-2)9-15-11-16(25(27,28)29)20-21(30)22(36-24(20)32-15)23(33)31-12-14-5-3-4-6-17(14)26/h3-8,10-11H,9,12,30H2,1-2H3,(H,31,33). The van der Waals surface area contributed by atoms with Gasteiger partial charge in [0.25, 0.3) is 5.91 Å². The van der Waals surface area contributed by atoms with Gasteiger partial charge in [-0.05, 0) is 35.4 Å². The largest absolute Gasteiger partial charge is 0.493 e. The molecule has 2 aromatic heterocycles. The summed E-state index contributed by atoms with van der Waals surface area (Å²) in [6, 6.07) is 13.0. The Kier molecular flexibility index (Phi) is 7.28. The van der Waals surface area contributed by atoms with Gasteiger partial charge >= 0.3 is 6.18 Å². The smallest absolute Gasteiger partial charge is 0.417 e. The van der Waals surface area contributed by atoms with Gasteiger partial charge in [-0.1, -0.05) is 35.9 Å². The Bertz CT molecular complexity index is 1440. The molecule has 36 heavy (non-hydrogen) atoms. The van der Waals surface area contributed by atoms with Gasteiger partial charge in [-0.15, -0.1) is 11.3 Å². The van der Waals surface area contributed by atoms with E-state index in [1.54, 1.807) is 42.5 Å². The van der Waals surface area contributed by atoms with Gasteiger partial charge in [-0.25, -0.2) is 4.98 Å². The zero-order chi connectivity index (χ0) is 26.0. The molecule has 0 atom stereocenters. The van der Waals surface area contributed by atoms with E-state index in [1.807, 2.05) is 0 Å². The van der Waals surface area contributed by atoms with E-state index in [9.17, 15) is 18.0 Å². The number of pyridine rings is 1. The molecule has 4 aromatic rings. The number of carbonyl (C=O) groups is 1. The minimum atomic E-state index is -4.70. The van der Waals surface area contributed by atoms with E-state index in [-0.39, 0.29) is 39.4 Å². The molecule has 0 aliphatic heterocycles. The van der Waals surface area contributed by atoms with Crippen molar-refractivity contribution in [3.63, 3.8) is 0 Å². The second-order valence-corrected chi connectivity index (χ2v) is 9.23. The summed E-state index contributed by atoms with van der Waals surface area (Å²) in [6.45, 7) is 0.0936. The minimum absolute atomic E-state index is 0.0284. The van der Waals surface area contributed by atoms with Crippen LogP contribution < -0.4 is 20.5 Å². The highest BCUT2D eigenvalue weighted by molar-refractivity contribution is 7.21. The number of carbonyl (C=O) groups excluding carboxylic acids is 1. The van der Waals surface area contributed by atoms with Crippen LogP contribution in [-0.2, 0) is 19.1 Å². The lowest BCUT2D eigenvalue weighted by molar-refractivity contribution is -0.136. The Morgan fingerprint density at radius 1 is 1.11 bits per heavy atom. The maximum atomic E-state index is 14.0. The highest BCUT2D eigenvalue weighted by atomic mass is 35.5. The van der Waals surface area contributed by atoms with E-state index in [4.69, 9.17) is 26.8 Å². The number of hydrogen-bond donors (Lipinski definition) is 2. The molecule has 11 heteroatoms. The van der Waals surface area contributed by atoms with E-state index < -0.39 is 17.6 Å². The molecule has 2 heterocycles. The van der Waals surface area contributed by atoms with Gasteiger partial charge in [-0.3, -0.25) is 4.79 Å². The molecule has 1 amide bonds. The summed E-state index contributed by atoms with van der Waals surface area (Å²) >= 11 is 6.93. The normalized spacial score (nSPS) is 11.5. The first-order valence-electron chi connectivity index (χ1n) is 10.6. The molecular weight excluding hydrogens is 515 g/mol. The van der Waals surface area contributed by atoms with Crippen LogP contribution in [0.5, 0.6) is 11.5 Å². The first-order valence-corrected chi connectivity index (χ1v) is 11.8. The Hall–Kier alpha value is -3.50. The molecule has 2 aromatic carbocycles. The Balaban J connectivity index is 1.70. The lowest BCUT2D eigenvalue weighted by atomic mass is 10.0. The molecule has 3 N–H and O–H groups in total. The molecule has 6 nitrogen and oxygen atoms in total. The molecule has 0 bridgehead atoms. The van der Waals surface area contributed by atoms with E-state index >= 15 is 0 Å². The predicted octanol–water partition coefficient (Wildman–Crippen LogP) is 6.09. The van der Waals surface area contributed by atoms with Crippen LogP contribution in [0.15, 0.2) is 48.5 Å². The zero-order valence-corrected chi connectivity index (χ0v) is 20.8. The lowest BCUT2D eigenvalue weighted by Crippen LogP contribution is -2.22. The highest BCUT2D eigenvalue weighted by Crippen LogP contribution is 2.42. The minimum Gasteiger partial charge on any atom is -0.493 e. The van der Waals surface area contributed by atoms with Crippen molar-refractivity contribution in [3.8, 4) is 11.5 Å². The summed E-state index contributed by atoms with van der Waals surface area (Å²) in [7, 11) is 2.96. The second kappa shape index (κ2) is 10.2. The summed E-state index contributed by atoms with van der Waals surface area (Å²) in [6.07, 6.45) is -4.60. The molecule has 0 spiro atoms. The highest BCUT2D eigenvalue weighted by Gasteiger charge is 2.36. The van der Waals surface area contributed by atoms with Gasteiger partial charge in [0.2, 0.25) is 0 Å². The fourth-order valence-electron chi connectivity index (χ4n) is 3.75. The van der Waals surface area contributed by atoms with E-state index in [0.29, 0.717) is 27.6 Å². The van der Waals surface area contributed by atoms with Crippen LogP contribution in [0.4, 0.5) is 18.9 Å². The average Bonchev–Trinajstić information content (AvgIpc) is 3.18. The monoisotopic (exact) mass is 535 g/mol. The van der Waals surface area contributed by atoms with E-state index in [2.05, 4.69) is 10.3 Å². The van der Waals surface area contributed by atoms with Gasteiger partial charge < -0.3 is 20.5 Å². The molecule has 0 radical (unpaired) electrons. The van der Waals surface area contributed by atoms with Gasteiger partial charge in [0.05, 0.1) is 25.5 Å². The third-order valence-electron chi connectivity index (χ3n) is 5.49. The number of halogens is 4. The van der Waals surface area contributed by atoms with E-state index in [0.717, 1.165) is 17.4 Å². The maximum absolute atomic E-state index is 14.0. The Labute approximate surface area is 213 Å². The van der Waals surface area contributed by atoms with Crippen molar-refractivity contribution in [2.75, 3.05) is 20.0 Å². The number of aromatic nitrogens is 1. The fraction of sp³-hybridized carbons (Fsp3) is 0.200. The number of thiophene rings is 1. The summed E-state index contributed by atoms with van der Waals surface area (Å²) in [5, 5.41) is 2.84. The Morgan fingerprint density at radius 2 is 1.83 bits per heavy atom. The van der Waals surface area contributed by atoms with Crippen molar-refractivity contribution in [2.24, 2.45) is 0 Å². The van der Waals surface area contributed by atoms with Crippen LogP contribution in [0.25, 0.3) is 10.2 Å². The summed E-state index contributed by atoms with van der Waals surface area (Å²) in [5.41, 5.74) is 6.37. The number of methoxy groups -OCH3 is 2. The number of nitrogens with two attached hydrogens (primary N) is 1. The number of fused-ring (bicyclic) bond motifs is 1. The number of benzene rings is 2. The molecule has 0 unspecified atom stereocenters. The van der Waals surface area contributed by atoms with Crippen LogP contribution in [0, 0.1) is 0 Å². The van der Waals surface area contributed by atoms with Crippen molar-refractivity contribution in [3.05, 3.63) is 80.8 Å². The first kappa shape index (κ1) is 25.6.